The molecule has 1 fully saturated rings. The standard InChI is InChI=1S/C15H29N3O3/c1-6-17(5)13(19)11-16-10-12-8-7-9-18(12)14(20)21-15(2,3)4/h12,16H,6-11H2,1-5H3. The van der Waals surface area contributed by atoms with Crippen LogP contribution in [0.25, 0.3) is 0 Å². The summed E-state index contributed by atoms with van der Waals surface area (Å²) in [6, 6.07) is 0.111. The van der Waals surface area contributed by atoms with Crippen molar-refractivity contribution in [2.45, 2.75) is 52.2 Å². The molecule has 1 saturated heterocycles. The molecule has 6 heteroatoms. The fourth-order valence-electron chi connectivity index (χ4n) is 2.27. The first kappa shape index (κ1) is 17.8. The molecule has 1 atom stereocenters. The lowest BCUT2D eigenvalue weighted by molar-refractivity contribution is -0.128. The summed E-state index contributed by atoms with van der Waals surface area (Å²) in [5.41, 5.74) is -0.475. The molecule has 1 aliphatic heterocycles. The molecular weight excluding hydrogens is 270 g/mol. The third kappa shape index (κ3) is 5.91. The van der Waals surface area contributed by atoms with Gasteiger partial charge in [0.25, 0.3) is 0 Å². The molecule has 1 N–H and O–H groups in total. The molecule has 1 heterocycles. The highest BCUT2D eigenvalue weighted by Gasteiger charge is 2.31. The SMILES string of the molecule is CCN(C)C(=O)CNCC1CCCN1C(=O)OC(C)(C)C. The zero-order valence-corrected chi connectivity index (χ0v) is 13.9. The highest BCUT2D eigenvalue weighted by molar-refractivity contribution is 5.77. The van der Waals surface area contributed by atoms with Crippen molar-refractivity contribution in [2.75, 3.05) is 33.2 Å². The van der Waals surface area contributed by atoms with E-state index in [2.05, 4.69) is 5.32 Å². The lowest BCUT2D eigenvalue weighted by Crippen LogP contribution is -2.45. The van der Waals surface area contributed by atoms with Gasteiger partial charge in [0, 0.05) is 32.7 Å². The number of ether oxygens (including phenoxy) is 1. The zero-order valence-electron chi connectivity index (χ0n) is 13.9. The van der Waals surface area contributed by atoms with E-state index < -0.39 is 5.60 Å². The lowest BCUT2D eigenvalue weighted by atomic mass is 10.2. The minimum absolute atomic E-state index is 0.0688. The molecule has 6 nitrogen and oxygen atoms in total. The Labute approximate surface area is 127 Å². The molecule has 0 saturated carbocycles. The molecule has 0 aliphatic carbocycles. The summed E-state index contributed by atoms with van der Waals surface area (Å²) >= 11 is 0. The fraction of sp³-hybridized carbons (Fsp3) is 0.867. The molecule has 1 aliphatic rings. The smallest absolute Gasteiger partial charge is 0.410 e. The third-order valence-electron chi connectivity index (χ3n) is 3.56. The molecule has 0 aromatic heterocycles. The predicted molar refractivity (Wildman–Crippen MR) is 82.1 cm³/mol. The van der Waals surface area contributed by atoms with Crippen LogP contribution in [0.2, 0.25) is 0 Å². The Morgan fingerprint density at radius 1 is 1.38 bits per heavy atom. The Morgan fingerprint density at radius 3 is 2.62 bits per heavy atom. The molecule has 0 aromatic rings. The van der Waals surface area contributed by atoms with Crippen LogP contribution in [-0.4, -0.2) is 66.7 Å². The number of hydrogen-bond donors (Lipinski definition) is 1. The molecule has 122 valence electrons. The van der Waals surface area contributed by atoms with Crippen LogP contribution in [-0.2, 0) is 9.53 Å². The van der Waals surface area contributed by atoms with Crippen LogP contribution in [0.1, 0.15) is 40.5 Å². The van der Waals surface area contributed by atoms with Crippen molar-refractivity contribution in [3.05, 3.63) is 0 Å². The number of nitrogens with one attached hydrogen (secondary N) is 1. The van der Waals surface area contributed by atoms with Crippen molar-refractivity contribution in [3.8, 4) is 0 Å². The van der Waals surface area contributed by atoms with Gasteiger partial charge >= 0.3 is 6.09 Å². The predicted octanol–water partition coefficient (Wildman–Crippen LogP) is 1.45. The highest BCUT2D eigenvalue weighted by Crippen LogP contribution is 2.20. The van der Waals surface area contributed by atoms with E-state index in [9.17, 15) is 9.59 Å². The summed E-state index contributed by atoms with van der Waals surface area (Å²) in [5.74, 6) is 0.0688. The second-order valence-corrected chi connectivity index (χ2v) is 6.51. The highest BCUT2D eigenvalue weighted by atomic mass is 16.6. The number of amides is 2. The third-order valence-corrected chi connectivity index (χ3v) is 3.56. The van der Waals surface area contributed by atoms with Crippen molar-refractivity contribution >= 4 is 12.0 Å². The summed E-state index contributed by atoms with van der Waals surface area (Å²) in [6.45, 7) is 9.91. The molecule has 0 spiro atoms. The van der Waals surface area contributed by atoms with E-state index in [0.717, 1.165) is 19.4 Å². The van der Waals surface area contributed by atoms with Crippen LogP contribution in [0.5, 0.6) is 0 Å². The summed E-state index contributed by atoms with van der Waals surface area (Å²) < 4.78 is 5.42. The molecule has 0 bridgehead atoms. The van der Waals surface area contributed by atoms with E-state index in [-0.39, 0.29) is 18.0 Å². The number of rotatable bonds is 5. The monoisotopic (exact) mass is 299 g/mol. The van der Waals surface area contributed by atoms with Gasteiger partial charge in [0.2, 0.25) is 5.91 Å². The first-order chi connectivity index (χ1) is 9.74. The van der Waals surface area contributed by atoms with Crippen LogP contribution in [0.3, 0.4) is 0 Å². The van der Waals surface area contributed by atoms with Gasteiger partial charge in [-0.1, -0.05) is 0 Å². The maximum absolute atomic E-state index is 12.1. The first-order valence-electron chi connectivity index (χ1n) is 7.69. The quantitative estimate of drug-likeness (QED) is 0.835. The fourth-order valence-corrected chi connectivity index (χ4v) is 2.27. The van der Waals surface area contributed by atoms with E-state index in [1.807, 2.05) is 27.7 Å². The second kappa shape index (κ2) is 7.64. The Hall–Kier alpha value is -1.30. The van der Waals surface area contributed by atoms with E-state index >= 15 is 0 Å². The van der Waals surface area contributed by atoms with Gasteiger partial charge in [-0.2, -0.15) is 0 Å². The Bertz CT molecular complexity index is 366. The minimum atomic E-state index is -0.475. The summed E-state index contributed by atoms with van der Waals surface area (Å²) in [7, 11) is 1.78. The van der Waals surface area contributed by atoms with Crippen LogP contribution in [0.4, 0.5) is 4.79 Å². The van der Waals surface area contributed by atoms with Crippen molar-refractivity contribution < 1.29 is 14.3 Å². The molecule has 0 aromatic carbocycles. The van der Waals surface area contributed by atoms with Crippen LogP contribution >= 0.6 is 0 Å². The average molecular weight is 299 g/mol. The lowest BCUT2D eigenvalue weighted by Gasteiger charge is -2.28. The van der Waals surface area contributed by atoms with Gasteiger partial charge < -0.3 is 19.9 Å². The molecule has 21 heavy (non-hydrogen) atoms. The van der Waals surface area contributed by atoms with Gasteiger partial charge in [0.05, 0.1) is 6.54 Å². The maximum Gasteiger partial charge on any atom is 0.410 e. The topological polar surface area (TPSA) is 61.9 Å². The van der Waals surface area contributed by atoms with Gasteiger partial charge in [-0.05, 0) is 40.5 Å². The molecule has 1 unspecified atom stereocenters. The van der Waals surface area contributed by atoms with Gasteiger partial charge in [-0.3, -0.25) is 4.79 Å². The van der Waals surface area contributed by atoms with E-state index in [4.69, 9.17) is 4.74 Å². The van der Waals surface area contributed by atoms with Crippen molar-refractivity contribution in [1.82, 2.24) is 15.1 Å². The van der Waals surface area contributed by atoms with Crippen molar-refractivity contribution in [1.29, 1.82) is 0 Å². The number of likely N-dealkylation sites (tertiary alicyclic amines) is 1. The number of nitrogens with zero attached hydrogens (tertiary/aromatic N) is 2. The Morgan fingerprint density at radius 2 is 2.05 bits per heavy atom. The van der Waals surface area contributed by atoms with E-state index in [0.29, 0.717) is 19.6 Å². The maximum atomic E-state index is 12.1. The van der Waals surface area contributed by atoms with Gasteiger partial charge in [-0.15, -0.1) is 0 Å². The molecule has 2 amide bonds. The van der Waals surface area contributed by atoms with Gasteiger partial charge in [0.1, 0.15) is 5.60 Å². The number of carbonyl (C=O) groups excluding carboxylic acids is 2. The van der Waals surface area contributed by atoms with Crippen LogP contribution in [0, 0.1) is 0 Å². The summed E-state index contributed by atoms with van der Waals surface area (Å²) in [6.07, 6.45) is 1.67. The number of carbonyl (C=O) groups is 2. The average Bonchev–Trinajstić information content (AvgIpc) is 2.84. The molecular formula is C15H29N3O3. The summed E-state index contributed by atoms with van der Waals surface area (Å²) in [5, 5.41) is 3.15. The summed E-state index contributed by atoms with van der Waals surface area (Å²) in [4.78, 5) is 27.3. The van der Waals surface area contributed by atoms with Crippen molar-refractivity contribution in [3.63, 3.8) is 0 Å². The minimum Gasteiger partial charge on any atom is -0.444 e. The number of likely N-dealkylation sites (N-methyl/N-ethyl adjacent to an activating group) is 1. The van der Waals surface area contributed by atoms with Crippen LogP contribution in [0.15, 0.2) is 0 Å². The second-order valence-electron chi connectivity index (χ2n) is 6.51. The van der Waals surface area contributed by atoms with Crippen LogP contribution < -0.4 is 5.32 Å². The number of hydrogen-bond acceptors (Lipinski definition) is 4. The van der Waals surface area contributed by atoms with E-state index in [1.54, 1.807) is 16.8 Å². The molecule has 0 radical (unpaired) electrons. The van der Waals surface area contributed by atoms with E-state index in [1.165, 1.54) is 0 Å². The first-order valence-corrected chi connectivity index (χ1v) is 7.69. The van der Waals surface area contributed by atoms with Crippen molar-refractivity contribution in [2.24, 2.45) is 0 Å². The van der Waals surface area contributed by atoms with Gasteiger partial charge in [-0.25, -0.2) is 4.79 Å². The van der Waals surface area contributed by atoms with Gasteiger partial charge in [0.15, 0.2) is 0 Å². The largest absolute Gasteiger partial charge is 0.444 e. The Balaban J connectivity index is 2.40. The zero-order chi connectivity index (χ0) is 16.0. The Kier molecular flexibility index (Phi) is 6.45. The normalized spacial score (nSPS) is 18.7. The molecule has 1 rings (SSSR count).